The maximum atomic E-state index is 12.9. The van der Waals surface area contributed by atoms with Crippen LogP contribution in [0, 0.1) is 0 Å². The quantitative estimate of drug-likeness (QED) is 0.781. The van der Waals surface area contributed by atoms with E-state index < -0.39 is 5.66 Å². The summed E-state index contributed by atoms with van der Waals surface area (Å²) in [6, 6.07) is 14.6. The third kappa shape index (κ3) is 4.56. The molecule has 29 heavy (non-hydrogen) atoms. The minimum absolute atomic E-state index is 0.0705. The SMILES string of the molecule is COc1ccc(C2=NC(C)(C)N(CC(=O)NCc3cccc(OC)c3)C2=O)cc1. The first-order valence-electron chi connectivity index (χ1n) is 9.30. The van der Waals surface area contributed by atoms with E-state index in [0.29, 0.717) is 23.6 Å². The van der Waals surface area contributed by atoms with Crippen molar-refractivity contribution in [3.63, 3.8) is 0 Å². The number of carbonyl (C=O) groups is 2. The third-order valence-electron chi connectivity index (χ3n) is 4.78. The van der Waals surface area contributed by atoms with Gasteiger partial charge in [-0.25, -0.2) is 0 Å². The van der Waals surface area contributed by atoms with Gasteiger partial charge in [0.2, 0.25) is 5.91 Å². The van der Waals surface area contributed by atoms with Crippen LogP contribution in [0.15, 0.2) is 53.5 Å². The van der Waals surface area contributed by atoms with Crippen LogP contribution < -0.4 is 14.8 Å². The first-order valence-corrected chi connectivity index (χ1v) is 9.30. The Morgan fingerprint density at radius 1 is 1.07 bits per heavy atom. The number of hydrogen-bond donors (Lipinski definition) is 1. The molecular formula is C22H25N3O4. The van der Waals surface area contributed by atoms with Crippen molar-refractivity contribution < 1.29 is 19.1 Å². The van der Waals surface area contributed by atoms with Crippen LogP contribution >= 0.6 is 0 Å². The summed E-state index contributed by atoms with van der Waals surface area (Å²) < 4.78 is 10.3. The summed E-state index contributed by atoms with van der Waals surface area (Å²) in [5, 5.41) is 2.85. The van der Waals surface area contributed by atoms with Crippen LogP contribution in [0.2, 0.25) is 0 Å². The van der Waals surface area contributed by atoms with E-state index in [1.54, 1.807) is 38.5 Å². The van der Waals surface area contributed by atoms with Crippen LogP contribution in [0.3, 0.4) is 0 Å². The highest BCUT2D eigenvalue weighted by molar-refractivity contribution is 6.47. The lowest BCUT2D eigenvalue weighted by Gasteiger charge is -2.28. The lowest BCUT2D eigenvalue weighted by atomic mass is 10.1. The number of nitrogens with zero attached hydrogens (tertiary/aromatic N) is 2. The highest BCUT2D eigenvalue weighted by Crippen LogP contribution is 2.26. The normalized spacial score (nSPS) is 15.1. The van der Waals surface area contributed by atoms with Gasteiger partial charge in [-0.05, 0) is 55.8 Å². The number of amides is 2. The molecule has 0 aromatic heterocycles. The maximum absolute atomic E-state index is 12.9. The summed E-state index contributed by atoms with van der Waals surface area (Å²) >= 11 is 0. The number of ether oxygens (including phenoxy) is 2. The van der Waals surface area contributed by atoms with Gasteiger partial charge >= 0.3 is 0 Å². The van der Waals surface area contributed by atoms with E-state index >= 15 is 0 Å². The van der Waals surface area contributed by atoms with E-state index in [0.717, 1.165) is 11.3 Å². The number of hydrogen-bond acceptors (Lipinski definition) is 5. The van der Waals surface area contributed by atoms with Crippen LogP contribution in [-0.2, 0) is 16.1 Å². The molecule has 1 heterocycles. The lowest BCUT2D eigenvalue weighted by molar-refractivity contribution is -0.134. The zero-order valence-electron chi connectivity index (χ0n) is 17.1. The van der Waals surface area contributed by atoms with Gasteiger partial charge in [0.25, 0.3) is 5.91 Å². The van der Waals surface area contributed by atoms with Gasteiger partial charge in [-0.1, -0.05) is 12.1 Å². The van der Waals surface area contributed by atoms with Gasteiger partial charge in [0, 0.05) is 12.1 Å². The van der Waals surface area contributed by atoms with Gasteiger partial charge in [0.15, 0.2) is 0 Å². The zero-order chi connectivity index (χ0) is 21.0. The number of methoxy groups -OCH3 is 2. The third-order valence-corrected chi connectivity index (χ3v) is 4.78. The van der Waals surface area contributed by atoms with Gasteiger partial charge in [-0.15, -0.1) is 0 Å². The Hall–Kier alpha value is -3.35. The Morgan fingerprint density at radius 3 is 2.41 bits per heavy atom. The number of aliphatic imine (C=N–C) groups is 1. The van der Waals surface area contributed by atoms with Crippen LogP contribution in [0.1, 0.15) is 25.0 Å². The van der Waals surface area contributed by atoms with Crippen molar-refractivity contribution >= 4 is 17.5 Å². The highest BCUT2D eigenvalue weighted by atomic mass is 16.5. The fraction of sp³-hybridized carbons (Fsp3) is 0.318. The molecule has 2 aromatic rings. The summed E-state index contributed by atoms with van der Waals surface area (Å²) in [6.07, 6.45) is 0. The van der Waals surface area contributed by atoms with Crippen molar-refractivity contribution in [1.29, 1.82) is 0 Å². The molecule has 1 N–H and O–H groups in total. The minimum atomic E-state index is -0.806. The summed E-state index contributed by atoms with van der Waals surface area (Å²) in [5.41, 5.74) is 1.15. The maximum Gasteiger partial charge on any atom is 0.275 e. The molecule has 7 heteroatoms. The molecular weight excluding hydrogens is 370 g/mol. The van der Waals surface area contributed by atoms with E-state index in [1.165, 1.54) is 4.90 Å². The molecule has 0 bridgehead atoms. The average molecular weight is 395 g/mol. The van der Waals surface area contributed by atoms with Crippen LogP contribution in [0.5, 0.6) is 11.5 Å². The number of carbonyl (C=O) groups excluding carboxylic acids is 2. The van der Waals surface area contributed by atoms with Crippen molar-refractivity contribution in [3.05, 3.63) is 59.7 Å². The predicted molar refractivity (Wildman–Crippen MR) is 110 cm³/mol. The molecule has 0 spiro atoms. The molecule has 152 valence electrons. The largest absolute Gasteiger partial charge is 0.497 e. The monoisotopic (exact) mass is 395 g/mol. The van der Waals surface area contributed by atoms with Gasteiger partial charge < -0.3 is 19.7 Å². The average Bonchev–Trinajstić information content (AvgIpc) is 2.96. The first kappa shape index (κ1) is 20.4. The van der Waals surface area contributed by atoms with Crippen molar-refractivity contribution in [3.8, 4) is 11.5 Å². The molecule has 0 radical (unpaired) electrons. The van der Waals surface area contributed by atoms with E-state index in [1.807, 2.05) is 38.1 Å². The molecule has 1 aliphatic rings. The number of rotatable bonds is 7. The van der Waals surface area contributed by atoms with Gasteiger partial charge in [-0.3, -0.25) is 14.6 Å². The second kappa shape index (κ2) is 8.34. The Labute approximate surface area is 170 Å². The Kier molecular flexibility index (Phi) is 5.87. The molecule has 2 aromatic carbocycles. The first-order chi connectivity index (χ1) is 13.8. The Morgan fingerprint density at radius 2 is 1.76 bits per heavy atom. The molecule has 0 saturated carbocycles. The van der Waals surface area contributed by atoms with Crippen LogP contribution in [0.4, 0.5) is 0 Å². The molecule has 0 fully saturated rings. The van der Waals surface area contributed by atoms with Gasteiger partial charge in [0.05, 0.1) is 14.2 Å². The van der Waals surface area contributed by atoms with Crippen molar-refractivity contribution in [2.45, 2.75) is 26.1 Å². The standard InChI is InChI=1S/C22H25N3O4/c1-22(2)24-20(16-8-10-17(28-3)11-9-16)21(27)25(22)14-19(26)23-13-15-6-5-7-18(12-15)29-4/h5-12H,13-14H2,1-4H3,(H,23,26). The fourth-order valence-electron chi connectivity index (χ4n) is 3.14. The molecule has 0 aliphatic carbocycles. The van der Waals surface area contributed by atoms with Gasteiger partial charge in [-0.2, -0.15) is 0 Å². The minimum Gasteiger partial charge on any atom is -0.497 e. The summed E-state index contributed by atoms with van der Waals surface area (Å²) in [7, 11) is 3.18. The van der Waals surface area contributed by atoms with Crippen LogP contribution in [-0.4, -0.2) is 48.9 Å². The number of benzene rings is 2. The van der Waals surface area contributed by atoms with Gasteiger partial charge in [0.1, 0.15) is 29.4 Å². The molecule has 0 saturated heterocycles. The van der Waals surface area contributed by atoms with Crippen LogP contribution in [0.25, 0.3) is 0 Å². The second-order valence-corrected chi connectivity index (χ2v) is 7.20. The fourth-order valence-corrected chi connectivity index (χ4v) is 3.14. The van der Waals surface area contributed by atoms with E-state index in [-0.39, 0.29) is 18.4 Å². The topological polar surface area (TPSA) is 80.2 Å². The summed E-state index contributed by atoms with van der Waals surface area (Å²) in [6.45, 7) is 3.91. The van der Waals surface area contributed by atoms with E-state index in [9.17, 15) is 9.59 Å². The molecule has 7 nitrogen and oxygen atoms in total. The molecule has 0 atom stereocenters. The molecule has 2 amide bonds. The van der Waals surface area contributed by atoms with E-state index in [2.05, 4.69) is 10.3 Å². The summed E-state index contributed by atoms with van der Waals surface area (Å²) in [4.78, 5) is 31.5. The highest BCUT2D eigenvalue weighted by Gasteiger charge is 2.41. The Balaban J connectivity index is 1.65. The smallest absolute Gasteiger partial charge is 0.275 e. The zero-order valence-corrected chi connectivity index (χ0v) is 17.1. The molecule has 0 unspecified atom stereocenters. The second-order valence-electron chi connectivity index (χ2n) is 7.20. The molecule has 3 rings (SSSR count). The van der Waals surface area contributed by atoms with E-state index in [4.69, 9.17) is 9.47 Å². The van der Waals surface area contributed by atoms with Crippen molar-refractivity contribution in [2.24, 2.45) is 4.99 Å². The summed E-state index contributed by atoms with van der Waals surface area (Å²) in [5.74, 6) is 0.912. The lowest BCUT2D eigenvalue weighted by Crippen LogP contribution is -2.48. The predicted octanol–water partition coefficient (Wildman–Crippen LogP) is 2.39. The Bertz CT molecular complexity index is 935. The number of nitrogens with one attached hydrogen (secondary N) is 1. The van der Waals surface area contributed by atoms with Crippen molar-refractivity contribution in [2.75, 3.05) is 20.8 Å². The van der Waals surface area contributed by atoms with Crippen molar-refractivity contribution in [1.82, 2.24) is 10.2 Å². The molecule has 1 aliphatic heterocycles.